The summed E-state index contributed by atoms with van der Waals surface area (Å²) in [5.41, 5.74) is 1.76. The van der Waals surface area contributed by atoms with Gasteiger partial charge in [0.15, 0.2) is 0 Å². The Morgan fingerprint density at radius 1 is 0.708 bits per heavy atom. The number of carboxylic acids is 2. The van der Waals surface area contributed by atoms with E-state index in [4.69, 9.17) is 10.2 Å². The van der Waals surface area contributed by atoms with Gasteiger partial charge in [-0.15, -0.1) is 0 Å². The fraction of sp³-hybridized carbons (Fsp3) is 0.222. The maximum atomic E-state index is 11.0. The Morgan fingerprint density at radius 3 is 1.33 bits per heavy atom. The average molecular weight is 328 g/mol. The molecule has 0 aromatic heterocycles. The monoisotopic (exact) mass is 328 g/mol. The van der Waals surface area contributed by atoms with E-state index in [9.17, 15) is 9.59 Å². The van der Waals surface area contributed by atoms with Crippen molar-refractivity contribution >= 4 is 11.9 Å². The second kappa shape index (κ2) is 8.81. The van der Waals surface area contributed by atoms with E-state index in [0.717, 1.165) is 11.1 Å². The van der Waals surface area contributed by atoms with E-state index in [2.05, 4.69) is 10.6 Å². The van der Waals surface area contributed by atoms with Crippen LogP contribution in [0.4, 0.5) is 0 Å². The Labute approximate surface area is 140 Å². The lowest BCUT2D eigenvalue weighted by Gasteiger charge is -2.29. The van der Waals surface area contributed by atoms with Crippen molar-refractivity contribution in [1.82, 2.24) is 10.6 Å². The number of carbonyl (C=O) groups is 2. The molecule has 0 aliphatic rings. The summed E-state index contributed by atoms with van der Waals surface area (Å²) in [6.07, 6.45) is 0. The second-order valence-corrected chi connectivity index (χ2v) is 5.33. The molecule has 2 aromatic rings. The normalized spacial score (nSPS) is 13.2. The summed E-state index contributed by atoms with van der Waals surface area (Å²) in [6.45, 7) is -0.449. The van der Waals surface area contributed by atoms with Crippen LogP contribution in [0.25, 0.3) is 0 Å². The van der Waals surface area contributed by atoms with Crippen LogP contribution in [0.3, 0.4) is 0 Å². The molecule has 0 spiro atoms. The van der Waals surface area contributed by atoms with E-state index in [0.29, 0.717) is 0 Å². The molecular formula is C18H20N2O4. The maximum absolute atomic E-state index is 11.0. The van der Waals surface area contributed by atoms with Crippen LogP contribution in [0.1, 0.15) is 23.2 Å². The van der Waals surface area contributed by atoms with Crippen LogP contribution in [0.5, 0.6) is 0 Å². The minimum Gasteiger partial charge on any atom is -0.480 e. The number of hydrogen-bond acceptors (Lipinski definition) is 4. The van der Waals surface area contributed by atoms with Gasteiger partial charge in [-0.3, -0.25) is 20.2 Å². The second-order valence-electron chi connectivity index (χ2n) is 5.33. The molecule has 0 amide bonds. The van der Waals surface area contributed by atoms with E-state index in [1.165, 1.54) is 0 Å². The Kier molecular flexibility index (Phi) is 6.48. The summed E-state index contributed by atoms with van der Waals surface area (Å²) in [6, 6.07) is 18.0. The van der Waals surface area contributed by atoms with Gasteiger partial charge in [0.25, 0.3) is 0 Å². The highest BCUT2D eigenvalue weighted by atomic mass is 16.4. The summed E-state index contributed by atoms with van der Waals surface area (Å²) in [4.78, 5) is 22.0. The van der Waals surface area contributed by atoms with Gasteiger partial charge in [-0.2, -0.15) is 0 Å². The number of nitrogens with one attached hydrogen (secondary N) is 2. The summed E-state index contributed by atoms with van der Waals surface area (Å²) in [7, 11) is 0. The molecule has 0 fully saturated rings. The Hall–Kier alpha value is -2.70. The highest BCUT2D eigenvalue weighted by Gasteiger charge is 2.25. The first-order valence-electron chi connectivity index (χ1n) is 7.58. The molecule has 2 aromatic carbocycles. The molecule has 6 heteroatoms. The molecule has 0 radical (unpaired) electrons. The molecule has 0 heterocycles. The quantitative estimate of drug-likeness (QED) is 0.560. The Bertz CT molecular complexity index is 602. The number of aliphatic carboxylic acids is 2. The molecule has 0 aliphatic heterocycles. The van der Waals surface area contributed by atoms with Crippen molar-refractivity contribution in [1.29, 1.82) is 0 Å². The topological polar surface area (TPSA) is 98.7 Å². The van der Waals surface area contributed by atoms with Gasteiger partial charge in [0.1, 0.15) is 0 Å². The number of hydrogen-bond donors (Lipinski definition) is 4. The summed E-state index contributed by atoms with van der Waals surface area (Å²) >= 11 is 0. The largest absolute Gasteiger partial charge is 0.480 e. The standard InChI is InChI=1S/C18H20N2O4/c21-15(22)11-19-17(13-7-3-1-4-8-13)18(20-12-16(23)24)14-9-5-2-6-10-14/h1-10,17-20H,11-12H2,(H,21,22)(H,23,24)/t17-,18-/m1/s1. The first-order valence-corrected chi connectivity index (χ1v) is 7.58. The van der Waals surface area contributed by atoms with Gasteiger partial charge in [-0.25, -0.2) is 0 Å². The van der Waals surface area contributed by atoms with Crippen molar-refractivity contribution in [2.45, 2.75) is 12.1 Å². The Balaban J connectivity index is 2.35. The van der Waals surface area contributed by atoms with E-state index in [1.807, 2.05) is 60.7 Å². The van der Waals surface area contributed by atoms with Gasteiger partial charge >= 0.3 is 11.9 Å². The van der Waals surface area contributed by atoms with E-state index >= 15 is 0 Å². The third-order valence-corrected chi connectivity index (χ3v) is 3.60. The molecule has 0 aliphatic carbocycles. The van der Waals surface area contributed by atoms with Crippen molar-refractivity contribution < 1.29 is 19.8 Å². The van der Waals surface area contributed by atoms with Gasteiger partial charge in [0.05, 0.1) is 25.2 Å². The molecule has 126 valence electrons. The molecule has 2 rings (SSSR count). The lowest BCUT2D eigenvalue weighted by molar-refractivity contribution is -0.137. The molecule has 0 saturated heterocycles. The van der Waals surface area contributed by atoms with Crippen LogP contribution in [0.2, 0.25) is 0 Å². The van der Waals surface area contributed by atoms with Crippen molar-refractivity contribution in [3.8, 4) is 0 Å². The third-order valence-electron chi connectivity index (χ3n) is 3.60. The molecule has 6 nitrogen and oxygen atoms in total. The fourth-order valence-electron chi connectivity index (χ4n) is 2.57. The molecule has 24 heavy (non-hydrogen) atoms. The predicted molar refractivity (Wildman–Crippen MR) is 89.6 cm³/mol. The predicted octanol–water partition coefficient (Wildman–Crippen LogP) is 1.82. The molecule has 0 bridgehead atoms. The zero-order chi connectivity index (χ0) is 17.4. The lowest BCUT2D eigenvalue weighted by Crippen LogP contribution is -2.39. The zero-order valence-corrected chi connectivity index (χ0v) is 13.1. The lowest BCUT2D eigenvalue weighted by atomic mass is 9.93. The maximum Gasteiger partial charge on any atom is 0.317 e. The minimum atomic E-state index is -0.971. The highest BCUT2D eigenvalue weighted by molar-refractivity contribution is 5.69. The van der Waals surface area contributed by atoms with Crippen molar-refractivity contribution in [3.05, 3.63) is 71.8 Å². The van der Waals surface area contributed by atoms with Crippen molar-refractivity contribution in [3.63, 3.8) is 0 Å². The first kappa shape index (κ1) is 17.7. The molecular weight excluding hydrogens is 308 g/mol. The molecule has 2 atom stereocenters. The van der Waals surface area contributed by atoms with E-state index < -0.39 is 11.9 Å². The van der Waals surface area contributed by atoms with Crippen LogP contribution < -0.4 is 10.6 Å². The zero-order valence-electron chi connectivity index (χ0n) is 13.1. The average Bonchev–Trinajstić information content (AvgIpc) is 2.59. The molecule has 0 saturated carbocycles. The van der Waals surface area contributed by atoms with Gasteiger partial charge in [0, 0.05) is 0 Å². The highest BCUT2D eigenvalue weighted by Crippen LogP contribution is 2.28. The smallest absolute Gasteiger partial charge is 0.317 e. The SMILES string of the molecule is O=C(O)CN[C@H](c1ccccc1)[C@H](NCC(=O)O)c1ccccc1. The summed E-state index contributed by atoms with van der Waals surface area (Å²) in [5.74, 6) is -1.94. The van der Waals surface area contributed by atoms with Crippen LogP contribution >= 0.6 is 0 Å². The molecule has 4 N–H and O–H groups in total. The number of benzene rings is 2. The van der Waals surface area contributed by atoms with Crippen LogP contribution in [-0.4, -0.2) is 35.2 Å². The van der Waals surface area contributed by atoms with E-state index in [1.54, 1.807) is 0 Å². The van der Waals surface area contributed by atoms with E-state index in [-0.39, 0.29) is 25.2 Å². The van der Waals surface area contributed by atoms with Crippen molar-refractivity contribution in [2.24, 2.45) is 0 Å². The molecule has 0 unspecified atom stereocenters. The number of rotatable bonds is 9. The van der Waals surface area contributed by atoms with Crippen LogP contribution in [0, 0.1) is 0 Å². The van der Waals surface area contributed by atoms with Crippen molar-refractivity contribution in [2.75, 3.05) is 13.1 Å². The fourth-order valence-corrected chi connectivity index (χ4v) is 2.57. The third kappa shape index (κ3) is 5.19. The van der Waals surface area contributed by atoms with Gasteiger partial charge in [-0.1, -0.05) is 60.7 Å². The summed E-state index contributed by atoms with van der Waals surface area (Å²) in [5, 5.41) is 24.0. The van der Waals surface area contributed by atoms with Gasteiger partial charge in [0.2, 0.25) is 0 Å². The summed E-state index contributed by atoms with van der Waals surface area (Å²) < 4.78 is 0. The van der Waals surface area contributed by atoms with Crippen LogP contribution in [0.15, 0.2) is 60.7 Å². The minimum absolute atomic E-state index is 0.225. The van der Waals surface area contributed by atoms with Crippen LogP contribution in [-0.2, 0) is 9.59 Å². The van der Waals surface area contributed by atoms with Gasteiger partial charge in [-0.05, 0) is 11.1 Å². The van der Waals surface area contributed by atoms with Gasteiger partial charge < -0.3 is 10.2 Å². The Morgan fingerprint density at radius 2 is 1.04 bits per heavy atom. The first-order chi connectivity index (χ1) is 11.6. The number of carboxylic acid groups (broad SMARTS) is 2.